The second kappa shape index (κ2) is 3.51. The maximum Gasteiger partial charge on any atom is 0.0689 e. The maximum atomic E-state index is 9.40. The fourth-order valence-corrected chi connectivity index (χ4v) is 4.54. The van der Waals surface area contributed by atoms with Crippen LogP contribution in [0, 0.1) is 34.5 Å². The molecule has 3 aliphatic carbocycles. The van der Waals surface area contributed by atoms with Crippen molar-refractivity contribution in [1.82, 2.24) is 0 Å². The molecule has 3 aliphatic rings. The highest BCUT2D eigenvalue weighted by Gasteiger charge is 2.44. The van der Waals surface area contributed by atoms with Crippen LogP contribution >= 0.6 is 0 Å². The summed E-state index contributed by atoms with van der Waals surface area (Å²) in [5.74, 6) is 2.96. The molecular formula is C14H21N. The smallest absolute Gasteiger partial charge is 0.0689 e. The van der Waals surface area contributed by atoms with Crippen LogP contribution in [0.5, 0.6) is 0 Å². The SMILES string of the molecule is N#CC1(CC2CC3CCC2C3)CCCC1. The molecule has 15 heavy (non-hydrogen) atoms. The van der Waals surface area contributed by atoms with E-state index in [1.165, 1.54) is 57.8 Å². The molecule has 0 amide bonds. The van der Waals surface area contributed by atoms with Gasteiger partial charge in [-0.3, -0.25) is 0 Å². The lowest BCUT2D eigenvalue weighted by atomic mass is 9.74. The number of nitriles is 1. The maximum absolute atomic E-state index is 9.40. The highest BCUT2D eigenvalue weighted by atomic mass is 14.5. The van der Waals surface area contributed by atoms with Gasteiger partial charge >= 0.3 is 0 Å². The van der Waals surface area contributed by atoms with Gasteiger partial charge in [-0.1, -0.05) is 19.3 Å². The molecular weight excluding hydrogens is 182 g/mol. The first-order valence-corrected chi connectivity index (χ1v) is 6.73. The van der Waals surface area contributed by atoms with Gasteiger partial charge in [0.25, 0.3) is 0 Å². The second-order valence-corrected chi connectivity index (χ2v) is 6.24. The van der Waals surface area contributed by atoms with E-state index in [1.807, 2.05) is 0 Å². The van der Waals surface area contributed by atoms with Crippen LogP contribution in [0.2, 0.25) is 0 Å². The quantitative estimate of drug-likeness (QED) is 0.667. The minimum absolute atomic E-state index is 0.106. The minimum atomic E-state index is 0.106. The summed E-state index contributed by atoms with van der Waals surface area (Å²) in [5.41, 5.74) is 0.106. The predicted molar refractivity (Wildman–Crippen MR) is 60.1 cm³/mol. The first-order valence-electron chi connectivity index (χ1n) is 6.73. The van der Waals surface area contributed by atoms with Crippen molar-refractivity contribution in [3.8, 4) is 6.07 Å². The molecule has 0 spiro atoms. The summed E-state index contributed by atoms with van der Waals surface area (Å²) >= 11 is 0. The zero-order valence-electron chi connectivity index (χ0n) is 9.54. The molecule has 0 aromatic rings. The average Bonchev–Trinajstić information content (AvgIpc) is 2.93. The van der Waals surface area contributed by atoms with Gasteiger partial charge in [-0.2, -0.15) is 5.26 Å². The van der Waals surface area contributed by atoms with Crippen LogP contribution in [0.25, 0.3) is 0 Å². The molecule has 0 aromatic heterocycles. The molecule has 3 fully saturated rings. The fourth-order valence-electron chi connectivity index (χ4n) is 4.54. The Hall–Kier alpha value is -0.510. The van der Waals surface area contributed by atoms with E-state index in [0.29, 0.717) is 0 Å². The summed E-state index contributed by atoms with van der Waals surface area (Å²) in [6.45, 7) is 0. The zero-order chi connectivity index (χ0) is 10.3. The summed E-state index contributed by atoms with van der Waals surface area (Å²) in [4.78, 5) is 0. The van der Waals surface area contributed by atoms with Gasteiger partial charge in [-0.05, 0) is 56.3 Å². The summed E-state index contributed by atoms with van der Waals surface area (Å²) in [6, 6.07) is 2.66. The second-order valence-electron chi connectivity index (χ2n) is 6.24. The van der Waals surface area contributed by atoms with Gasteiger partial charge in [-0.25, -0.2) is 0 Å². The summed E-state index contributed by atoms with van der Waals surface area (Å²) in [6.07, 6.45) is 12.1. The predicted octanol–water partition coefficient (Wildman–Crippen LogP) is 3.90. The Morgan fingerprint density at radius 3 is 2.47 bits per heavy atom. The number of fused-ring (bicyclic) bond motifs is 2. The molecule has 1 nitrogen and oxygen atoms in total. The van der Waals surface area contributed by atoms with E-state index in [9.17, 15) is 5.26 Å². The van der Waals surface area contributed by atoms with E-state index in [4.69, 9.17) is 0 Å². The number of hydrogen-bond acceptors (Lipinski definition) is 1. The summed E-state index contributed by atoms with van der Waals surface area (Å²) in [7, 11) is 0. The number of hydrogen-bond donors (Lipinski definition) is 0. The Balaban J connectivity index is 1.67. The van der Waals surface area contributed by atoms with Crippen LogP contribution < -0.4 is 0 Å². The fraction of sp³-hybridized carbons (Fsp3) is 0.929. The van der Waals surface area contributed by atoms with E-state index >= 15 is 0 Å². The third-order valence-corrected chi connectivity index (χ3v) is 5.34. The minimum Gasteiger partial charge on any atom is -0.198 e. The normalized spacial score (nSPS) is 41.9. The van der Waals surface area contributed by atoms with Crippen LogP contribution in [0.3, 0.4) is 0 Å². The van der Waals surface area contributed by atoms with Crippen molar-refractivity contribution in [1.29, 1.82) is 5.26 Å². The Labute approximate surface area is 92.9 Å². The van der Waals surface area contributed by atoms with Crippen LogP contribution in [0.15, 0.2) is 0 Å². The lowest BCUT2D eigenvalue weighted by molar-refractivity contribution is 0.226. The topological polar surface area (TPSA) is 23.8 Å². The molecule has 1 heteroatoms. The van der Waals surface area contributed by atoms with Gasteiger partial charge in [0.15, 0.2) is 0 Å². The van der Waals surface area contributed by atoms with Gasteiger partial charge < -0.3 is 0 Å². The summed E-state index contributed by atoms with van der Waals surface area (Å²) in [5, 5.41) is 9.40. The lowest BCUT2D eigenvalue weighted by Gasteiger charge is -2.29. The number of rotatable bonds is 2. The van der Waals surface area contributed by atoms with Crippen molar-refractivity contribution in [3.05, 3.63) is 0 Å². The van der Waals surface area contributed by atoms with Gasteiger partial charge in [-0.15, -0.1) is 0 Å². The highest BCUT2D eigenvalue weighted by Crippen LogP contribution is 2.54. The van der Waals surface area contributed by atoms with Crippen molar-refractivity contribution in [3.63, 3.8) is 0 Å². The van der Waals surface area contributed by atoms with E-state index in [1.54, 1.807) is 0 Å². The van der Waals surface area contributed by atoms with E-state index in [0.717, 1.165) is 17.8 Å². The van der Waals surface area contributed by atoms with Crippen molar-refractivity contribution in [2.75, 3.05) is 0 Å². The Morgan fingerprint density at radius 2 is 1.93 bits per heavy atom. The molecule has 2 bridgehead atoms. The standard InChI is InChI=1S/C14H21N/c15-10-14(5-1-2-6-14)9-13-8-11-3-4-12(13)7-11/h11-13H,1-9H2. The monoisotopic (exact) mass is 203 g/mol. The van der Waals surface area contributed by atoms with Crippen molar-refractivity contribution >= 4 is 0 Å². The van der Waals surface area contributed by atoms with Crippen LogP contribution in [0.4, 0.5) is 0 Å². The number of nitrogens with zero attached hydrogens (tertiary/aromatic N) is 1. The third kappa shape index (κ3) is 1.59. The van der Waals surface area contributed by atoms with Crippen LogP contribution in [-0.2, 0) is 0 Å². The van der Waals surface area contributed by atoms with E-state index in [-0.39, 0.29) is 5.41 Å². The van der Waals surface area contributed by atoms with Gasteiger partial charge in [0.05, 0.1) is 11.5 Å². The zero-order valence-corrected chi connectivity index (χ0v) is 9.54. The Kier molecular flexibility index (Phi) is 2.27. The molecule has 3 unspecified atom stereocenters. The molecule has 0 radical (unpaired) electrons. The molecule has 0 saturated heterocycles. The van der Waals surface area contributed by atoms with Crippen LogP contribution in [-0.4, -0.2) is 0 Å². The average molecular weight is 203 g/mol. The van der Waals surface area contributed by atoms with E-state index in [2.05, 4.69) is 6.07 Å². The molecule has 0 N–H and O–H groups in total. The van der Waals surface area contributed by atoms with Gasteiger partial charge in [0, 0.05) is 0 Å². The van der Waals surface area contributed by atoms with Crippen LogP contribution in [0.1, 0.15) is 57.8 Å². The first-order chi connectivity index (χ1) is 7.31. The third-order valence-electron chi connectivity index (χ3n) is 5.34. The summed E-state index contributed by atoms with van der Waals surface area (Å²) < 4.78 is 0. The molecule has 0 aliphatic heterocycles. The van der Waals surface area contributed by atoms with Crippen molar-refractivity contribution < 1.29 is 0 Å². The van der Waals surface area contributed by atoms with E-state index < -0.39 is 0 Å². The first kappa shape index (κ1) is 9.70. The van der Waals surface area contributed by atoms with Crippen molar-refractivity contribution in [2.24, 2.45) is 23.2 Å². The highest BCUT2D eigenvalue weighted by molar-refractivity contribution is 5.05. The van der Waals surface area contributed by atoms with Crippen molar-refractivity contribution in [2.45, 2.75) is 57.8 Å². The Bertz CT molecular complexity index is 282. The molecule has 0 aromatic carbocycles. The molecule has 3 saturated carbocycles. The molecule has 0 heterocycles. The van der Waals surface area contributed by atoms with Gasteiger partial charge in [0.1, 0.15) is 0 Å². The largest absolute Gasteiger partial charge is 0.198 e. The molecule has 3 atom stereocenters. The Morgan fingerprint density at radius 1 is 1.13 bits per heavy atom. The molecule has 3 rings (SSSR count). The van der Waals surface area contributed by atoms with Gasteiger partial charge in [0.2, 0.25) is 0 Å². The lowest BCUT2D eigenvalue weighted by Crippen LogP contribution is -2.22. The molecule has 82 valence electrons.